The van der Waals surface area contributed by atoms with Gasteiger partial charge in [0.05, 0.1) is 5.02 Å². The molecule has 0 spiro atoms. The number of nitrogens with one attached hydrogen (secondary N) is 2. The monoisotopic (exact) mass is 229 g/mol. The number of rotatable bonds is 2. The Morgan fingerprint density at radius 2 is 2.21 bits per heavy atom. The van der Waals surface area contributed by atoms with Gasteiger partial charge in [-0.3, -0.25) is 0 Å². The first kappa shape index (κ1) is 11.2. The van der Waals surface area contributed by atoms with Crippen LogP contribution in [0.25, 0.3) is 0 Å². The molecule has 0 bridgehead atoms. The first-order valence-electron chi connectivity index (χ1n) is 4.27. The van der Waals surface area contributed by atoms with Crippen LogP contribution in [0.4, 0.5) is 5.82 Å². The number of hydrogen-bond acceptors (Lipinski definition) is 2. The van der Waals surface area contributed by atoms with Crippen LogP contribution in [-0.4, -0.2) is 16.1 Å². The van der Waals surface area contributed by atoms with E-state index in [0.717, 1.165) is 0 Å². The fraction of sp³-hybridized carbons (Fsp3) is 0.333. The Hall–Kier alpha value is -0.870. The van der Waals surface area contributed by atoms with E-state index in [4.69, 9.17) is 23.8 Å². The van der Waals surface area contributed by atoms with Gasteiger partial charge in [0.15, 0.2) is 5.11 Å². The highest BCUT2D eigenvalue weighted by molar-refractivity contribution is 7.80. The first-order valence-corrected chi connectivity index (χ1v) is 5.05. The average molecular weight is 230 g/mol. The average Bonchev–Trinajstić information content (AvgIpc) is 2.07. The lowest BCUT2D eigenvalue weighted by molar-refractivity contribution is 0.739. The van der Waals surface area contributed by atoms with Crippen molar-refractivity contribution >= 4 is 34.7 Å². The van der Waals surface area contributed by atoms with Crippen molar-refractivity contribution in [3.8, 4) is 0 Å². The summed E-state index contributed by atoms with van der Waals surface area (Å²) in [5.41, 5.74) is 0. The van der Waals surface area contributed by atoms with Gasteiger partial charge in [0.25, 0.3) is 0 Å². The molecule has 0 unspecified atom stereocenters. The number of hydrogen-bond donors (Lipinski definition) is 2. The Balaban J connectivity index is 2.52. The standard InChI is InChI=1S/C9H12ClN3S/c1-6(2)12-9(14)13-8-4-3-7(10)5-11-8/h3-6H,1-2H3,(H2,11,12,13,14). The lowest BCUT2D eigenvalue weighted by Gasteiger charge is -2.12. The van der Waals surface area contributed by atoms with Crippen LogP contribution in [0.5, 0.6) is 0 Å². The Labute approximate surface area is 93.9 Å². The molecule has 1 heterocycles. The van der Waals surface area contributed by atoms with E-state index >= 15 is 0 Å². The highest BCUT2D eigenvalue weighted by Crippen LogP contribution is 2.09. The summed E-state index contributed by atoms with van der Waals surface area (Å²) in [6.07, 6.45) is 1.57. The van der Waals surface area contributed by atoms with Gasteiger partial charge in [-0.15, -0.1) is 0 Å². The smallest absolute Gasteiger partial charge is 0.172 e. The van der Waals surface area contributed by atoms with Crippen molar-refractivity contribution in [2.75, 3.05) is 5.32 Å². The first-order chi connectivity index (χ1) is 6.58. The molecular weight excluding hydrogens is 218 g/mol. The SMILES string of the molecule is CC(C)NC(=S)Nc1ccc(Cl)cn1. The molecule has 0 aliphatic heterocycles. The number of thiocarbonyl (C=S) groups is 1. The molecule has 1 rings (SSSR count). The van der Waals surface area contributed by atoms with Gasteiger partial charge in [0.1, 0.15) is 5.82 Å². The summed E-state index contributed by atoms with van der Waals surface area (Å²) in [7, 11) is 0. The Morgan fingerprint density at radius 1 is 1.50 bits per heavy atom. The maximum Gasteiger partial charge on any atom is 0.172 e. The predicted molar refractivity (Wildman–Crippen MR) is 63.7 cm³/mol. The third-order valence-corrected chi connectivity index (χ3v) is 1.83. The lowest BCUT2D eigenvalue weighted by Crippen LogP contribution is -2.34. The maximum absolute atomic E-state index is 5.69. The van der Waals surface area contributed by atoms with Gasteiger partial charge in [0.2, 0.25) is 0 Å². The second-order valence-corrected chi connectivity index (χ2v) is 3.96. The number of aromatic nitrogens is 1. The molecule has 0 saturated heterocycles. The van der Waals surface area contributed by atoms with Crippen molar-refractivity contribution in [1.29, 1.82) is 0 Å². The number of pyridine rings is 1. The van der Waals surface area contributed by atoms with Gasteiger partial charge in [-0.2, -0.15) is 0 Å². The van der Waals surface area contributed by atoms with Gasteiger partial charge < -0.3 is 10.6 Å². The van der Waals surface area contributed by atoms with Crippen molar-refractivity contribution < 1.29 is 0 Å². The molecule has 2 N–H and O–H groups in total. The molecule has 1 aromatic heterocycles. The highest BCUT2D eigenvalue weighted by Gasteiger charge is 1.99. The molecule has 0 fully saturated rings. The Bertz CT molecular complexity index is 310. The van der Waals surface area contributed by atoms with E-state index in [1.54, 1.807) is 18.3 Å². The van der Waals surface area contributed by atoms with Crippen LogP contribution in [0.2, 0.25) is 5.02 Å². The molecule has 5 heteroatoms. The number of anilines is 1. The third-order valence-electron chi connectivity index (χ3n) is 1.39. The highest BCUT2D eigenvalue weighted by atomic mass is 35.5. The zero-order valence-electron chi connectivity index (χ0n) is 8.04. The number of nitrogens with zero attached hydrogens (tertiary/aromatic N) is 1. The van der Waals surface area contributed by atoms with Crippen LogP contribution < -0.4 is 10.6 Å². The van der Waals surface area contributed by atoms with Gasteiger partial charge in [-0.25, -0.2) is 4.98 Å². The molecule has 0 saturated carbocycles. The van der Waals surface area contributed by atoms with Crippen molar-refractivity contribution in [1.82, 2.24) is 10.3 Å². The third kappa shape index (κ3) is 3.89. The molecule has 14 heavy (non-hydrogen) atoms. The van der Waals surface area contributed by atoms with E-state index in [1.807, 2.05) is 13.8 Å². The summed E-state index contributed by atoms with van der Waals surface area (Å²) in [6, 6.07) is 3.84. The number of halogens is 1. The molecule has 0 amide bonds. The molecular formula is C9H12ClN3S. The zero-order valence-corrected chi connectivity index (χ0v) is 9.62. The van der Waals surface area contributed by atoms with Crippen molar-refractivity contribution in [2.24, 2.45) is 0 Å². The summed E-state index contributed by atoms with van der Waals surface area (Å²) in [4.78, 5) is 4.05. The predicted octanol–water partition coefficient (Wildman–Crippen LogP) is 2.43. The van der Waals surface area contributed by atoms with E-state index < -0.39 is 0 Å². The molecule has 1 aromatic rings. The fourth-order valence-electron chi connectivity index (χ4n) is 0.864. The van der Waals surface area contributed by atoms with Crippen LogP contribution in [-0.2, 0) is 0 Å². The van der Waals surface area contributed by atoms with Gasteiger partial charge in [-0.05, 0) is 38.2 Å². The van der Waals surface area contributed by atoms with E-state index in [-0.39, 0.29) is 0 Å². The van der Waals surface area contributed by atoms with Gasteiger partial charge in [0, 0.05) is 12.2 Å². The summed E-state index contributed by atoms with van der Waals surface area (Å²) >= 11 is 10.7. The van der Waals surface area contributed by atoms with Crippen molar-refractivity contribution in [2.45, 2.75) is 19.9 Å². The molecule has 0 atom stereocenters. The quantitative estimate of drug-likeness (QED) is 0.764. The van der Waals surface area contributed by atoms with E-state index in [2.05, 4.69) is 15.6 Å². The molecule has 0 radical (unpaired) electrons. The second kappa shape index (κ2) is 5.12. The van der Waals surface area contributed by atoms with Crippen molar-refractivity contribution in [3.63, 3.8) is 0 Å². The van der Waals surface area contributed by atoms with Gasteiger partial charge in [-0.1, -0.05) is 11.6 Å². The largest absolute Gasteiger partial charge is 0.360 e. The topological polar surface area (TPSA) is 37.0 Å². The lowest BCUT2D eigenvalue weighted by atomic mass is 10.4. The van der Waals surface area contributed by atoms with Crippen LogP contribution in [0.15, 0.2) is 18.3 Å². The summed E-state index contributed by atoms with van der Waals surface area (Å²) < 4.78 is 0. The van der Waals surface area contributed by atoms with E-state index in [0.29, 0.717) is 22.0 Å². The second-order valence-electron chi connectivity index (χ2n) is 3.11. The Morgan fingerprint density at radius 3 is 2.71 bits per heavy atom. The molecule has 0 aliphatic rings. The van der Waals surface area contributed by atoms with Crippen LogP contribution in [0.3, 0.4) is 0 Å². The van der Waals surface area contributed by atoms with E-state index in [9.17, 15) is 0 Å². The fourth-order valence-corrected chi connectivity index (χ4v) is 1.32. The van der Waals surface area contributed by atoms with Crippen LogP contribution in [0.1, 0.15) is 13.8 Å². The normalized spacial score (nSPS) is 10.0. The molecule has 0 aliphatic carbocycles. The summed E-state index contributed by atoms with van der Waals surface area (Å²) in [5.74, 6) is 0.688. The minimum Gasteiger partial charge on any atom is -0.360 e. The minimum atomic E-state index is 0.308. The van der Waals surface area contributed by atoms with Crippen LogP contribution in [0, 0.1) is 0 Å². The summed E-state index contributed by atoms with van der Waals surface area (Å²) in [5, 5.41) is 7.18. The maximum atomic E-state index is 5.69. The summed E-state index contributed by atoms with van der Waals surface area (Å²) in [6.45, 7) is 4.03. The molecule has 0 aromatic carbocycles. The zero-order chi connectivity index (χ0) is 10.6. The Kier molecular flexibility index (Phi) is 4.10. The molecule has 3 nitrogen and oxygen atoms in total. The van der Waals surface area contributed by atoms with E-state index in [1.165, 1.54) is 0 Å². The molecule has 76 valence electrons. The minimum absolute atomic E-state index is 0.308. The van der Waals surface area contributed by atoms with Gasteiger partial charge >= 0.3 is 0 Å². The van der Waals surface area contributed by atoms with Crippen LogP contribution >= 0.6 is 23.8 Å². The van der Waals surface area contributed by atoms with Crippen molar-refractivity contribution in [3.05, 3.63) is 23.4 Å².